The topological polar surface area (TPSA) is 56.7 Å². The molecule has 0 saturated heterocycles. The van der Waals surface area contributed by atoms with Crippen molar-refractivity contribution >= 4 is 23.5 Å². The molecule has 1 aromatic rings. The number of rotatable bonds is 3. The van der Waals surface area contributed by atoms with Crippen LogP contribution in [0.5, 0.6) is 5.75 Å². The van der Waals surface area contributed by atoms with Gasteiger partial charge in [-0.15, -0.1) is 0 Å². The third kappa shape index (κ3) is 2.99. The predicted octanol–water partition coefficient (Wildman–Crippen LogP) is 2.15. The lowest BCUT2D eigenvalue weighted by Gasteiger charge is -2.20. The van der Waals surface area contributed by atoms with Gasteiger partial charge in [0.2, 0.25) is 0 Å². The van der Waals surface area contributed by atoms with Gasteiger partial charge in [-0.2, -0.15) is 5.10 Å². The van der Waals surface area contributed by atoms with Crippen LogP contribution in [0.25, 0.3) is 0 Å². The quantitative estimate of drug-likeness (QED) is 0.345. The van der Waals surface area contributed by atoms with E-state index in [0.29, 0.717) is 17.1 Å². The van der Waals surface area contributed by atoms with E-state index in [-0.39, 0.29) is 5.75 Å². The molecule has 1 saturated carbocycles. The molecule has 0 aromatic heterocycles. The van der Waals surface area contributed by atoms with Crippen molar-refractivity contribution < 1.29 is 5.11 Å². The summed E-state index contributed by atoms with van der Waals surface area (Å²) >= 11 is 5.24. The molecule has 3 N–H and O–H groups in total. The van der Waals surface area contributed by atoms with Crippen molar-refractivity contribution in [3.8, 4) is 5.75 Å². The summed E-state index contributed by atoms with van der Waals surface area (Å²) in [7, 11) is 0. The Hall–Kier alpha value is -1.88. The summed E-state index contributed by atoms with van der Waals surface area (Å²) in [4.78, 5) is 0. The molecule has 3 rings (SSSR count). The molecular weight excluding hydrogens is 270 g/mol. The molecule has 5 heteroatoms. The molecule has 0 amide bonds. The summed E-state index contributed by atoms with van der Waals surface area (Å²) in [5.74, 6) is 1.58. The second kappa shape index (κ2) is 5.63. The van der Waals surface area contributed by atoms with Gasteiger partial charge in [0.1, 0.15) is 5.75 Å². The molecule has 1 fully saturated rings. The Morgan fingerprint density at radius 1 is 1.25 bits per heavy atom. The molecule has 4 nitrogen and oxygen atoms in total. The van der Waals surface area contributed by atoms with Gasteiger partial charge in [-0.1, -0.05) is 12.2 Å². The highest BCUT2D eigenvalue weighted by Gasteiger charge is 2.35. The Morgan fingerprint density at radius 2 is 2.05 bits per heavy atom. The summed E-state index contributed by atoms with van der Waals surface area (Å²) in [5, 5.41) is 17.2. The van der Waals surface area contributed by atoms with E-state index >= 15 is 0 Å². The van der Waals surface area contributed by atoms with Gasteiger partial charge < -0.3 is 10.4 Å². The highest BCUT2D eigenvalue weighted by molar-refractivity contribution is 7.80. The molecule has 0 radical (unpaired) electrons. The van der Waals surface area contributed by atoms with E-state index < -0.39 is 0 Å². The van der Waals surface area contributed by atoms with Gasteiger partial charge in [0.25, 0.3) is 0 Å². The van der Waals surface area contributed by atoms with Crippen molar-refractivity contribution in [2.24, 2.45) is 16.9 Å². The number of hydrazone groups is 1. The maximum Gasteiger partial charge on any atom is 0.187 e. The first-order valence-electron chi connectivity index (χ1n) is 6.77. The van der Waals surface area contributed by atoms with Crippen LogP contribution in [0, 0.1) is 11.8 Å². The Labute approximate surface area is 123 Å². The Balaban J connectivity index is 1.47. The van der Waals surface area contributed by atoms with E-state index in [0.717, 1.165) is 17.9 Å². The zero-order valence-corrected chi connectivity index (χ0v) is 11.8. The lowest BCUT2D eigenvalue weighted by Crippen LogP contribution is -2.42. The smallest absolute Gasteiger partial charge is 0.187 e. The van der Waals surface area contributed by atoms with Gasteiger partial charge in [0.15, 0.2) is 5.11 Å². The number of benzene rings is 1. The van der Waals surface area contributed by atoms with E-state index in [4.69, 9.17) is 12.2 Å². The third-order valence-electron chi connectivity index (χ3n) is 3.87. The Bertz CT molecular complexity index is 553. The van der Waals surface area contributed by atoms with Crippen LogP contribution in [0.1, 0.15) is 18.4 Å². The van der Waals surface area contributed by atoms with Crippen molar-refractivity contribution in [1.82, 2.24) is 10.7 Å². The van der Waals surface area contributed by atoms with Crippen LogP contribution in [0.2, 0.25) is 0 Å². The van der Waals surface area contributed by atoms with Crippen LogP contribution in [0.3, 0.4) is 0 Å². The molecule has 0 spiro atoms. The molecular formula is C15H17N3OS. The maximum atomic E-state index is 9.18. The minimum Gasteiger partial charge on any atom is -0.508 e. The normalized spacial score (nSPS) is 27.1. The second-order valence-electron chi connectivity index (χ2n) is 5.32. The first kappa shape index (κ1) is 13.1. The lowest BCUT2D eigenvalue weighted by atomic mass is 10.0. The number of phenolic OH excluding ortho intramolecular Hbond substituents is 1. The average molecular weight is 287 g/mol. The molecule has 2 aliphatic rings. The second-order valence-corrected chi connectivity index (χ2v) is 5.73. The maximum absolute atomic E-state index is 9.18. The van der Waals surface area contributed by atoms with Crippen molar-refractivity contribution in [3.63, 3.8) is 0 Å². The van der Waals surface area contributed by atoms with Crippen LogP contribution in [-0.4, -0.2) is 22.5 Å². The molecule has 3 atom stereocenters. The Morgan fingerprint density at radius 3 is 2.70 bits per heavy atom. The summed E-state index contributed by atoms with van der Waals surface area (Å²) in [6.45, 7) is 0. The third-order valence-corrected chi connectivity index (χ3v) is 4.08. The minimum atomic E-state index is 0.247. The molecule has 20 heavy (non-hydrogen) atoms. The predicted molar refractivity (Wildman–Crippen MR) is 83.7 cm³/mol. The monoisotopic (exact) mass is 287 g/mol. The SMILES string of the molecule is Oc1ccc(C=NNC(=S)NC2CC3C=CC2C3)cc1. The number of thiocarbonyl (C=S) groups is 1. The molecule has 3 unspecified atom stereocenters. The largest absolute Gasteiger partial charge is 0.508 e. The van der Waals surface area contributed by atoms with Crippen LogP contribution in [0.4, 0.5) is 0 Å². The van der Waals surface area contributed by atoms with Crippen molar-refractivity contribution in [1.29, 1.82) is 0 Å². The number of aromatic hydroxyl groups is 1. The van der Waals surface area contributed by atoms with E-state index in [1.807, 2.05) is 0 Å². The number of hydrogen-bond acceptors (Lipinski definition) is 3. The summed E-state index contributed by atoms with van der Waals surface area (Å²) < 4.78 is 0. The van der Waals surface area contributed by atoms with Crippen LogP contribution < -0.4 is 10.7 Å². The highest BCUT2D eigenvalue weighted by Crippen LogP contribution is 2.38. The van der Waals surface area contributed by atoms with Gasteiger partial charge in [-0.05, 0) is 66.7 Å². The first-order valence-corrected chi connectivity index (χ1v) is 7.18. The van der Waals surface area contributed by atoms with Crippen LogP contribution in [0.15, 0.2) is 41.5 Å². The molecule has 1 aromatic carbocycles. The first-order chi connectivity index (χ1) is 9.70. The van der Waals surface area contributed by atoms with Gasteiger partial charge in [0.05, 0.1) is 6.21 Å². The zero-order chi connectivity index (χ0) is 13.9. The van der Waals surface area contributed by atoms with E-state index in [9.17, 15) is 5.11 Å². The van der Waals surface area contributed by atoms with Gasteiger partial charge in [-0.25, -0.2) is 0 Å². The fraction of sp³-hybridized carbons (Fsp3) is 0.333. The van der Waals surface area contributed by atoms with E-state index in [1.165, 1.54) is 6.42 Å². The van der Waals surface area contributed by atoms with E-state index in [2.05, 4.69) is 28.0 Å². The number of nitrogens with one attached hydrogen (secondary N) is 2. The number of hydrogen-bond donors (Lipinski definition) is 3. The highest BCUT2D eigenvalue weighted by atomic mass is 32.1. The summed E-state index contributed by atoms with van der Waals surface area (Å²) in [6, 6.07) is 7.27. The Kier molecular flexibility index (Phi) is 3.69. The number of nitrogens with zero attached hydrogens (tertiary/aromatic N) is 1. The standard InChI is InChI=1S/C15H17N3OS/c19-13-5-2-10(3-6-13)9-16-18-15(20)17-14-8-11-1-4-12(14)7-11/h1-6,9,11-12,14,19H,7-8H2,(H2,17,18,20). The van der Waals surface area contributed by atoms with Crippen LogP contribution >= 0.6 is 12.2 Å². The average Bonchev–Trinajstić information content (AvgIpc) is 3.03. The molecule has 2 aliphatic carbocycles. The van der Waals surface area contributed by atoms with Gasteiger partial charge in [0, 0.05) is 6.04 Å². The minimum absolute atomic E-state index is 0.247. The van der Waals surface area contributed by atoms with Crippen molar-refractivity contribution in [2.45, 2.75) is 18.9 Å². The number of phenols is 1. The van der Waals surface area contributed by atoms with E-state index in [1.54, 1.807) is 30.5 Å². The number of fused-ring (bicyclic) bond motifs is 2. The van der Waals surface area contributed by atoms with Crippen LogP contribution in [-0.2, 0) is 0 Å². The fourth-order valence-electron chi connectivity index (χ4n) is 2.87. The van der Waals surface area contributed by atoms with Gasteiger partial charge >= 0.3 is 0 Å². The lowest BCUT2D eigenvalue weighted by molar-refractivity contribution is 0.475. The van der Waals surface area contributed by atoms with Crippen molar-refractivity contribution in [3.05, 3.63) is 42.0 Å². The molecule has 0 heterocycles. The van der Waals surface area contributed by atoms with Crippen molar-refractivity contribution in [2.75, 3.05) is 0 Å². The molecule has 0 aliphatic heterocycles. The fourth-order valence-corrected chi connectivity index (χ4v) is 3.08. The van der Waals surface area contributed by atoms with Gasteiger partial charge in [-0.3, -0.25) is 5.43 Å². The number of allylic oxidation sites excluding steroid dienone is 1. The summed E-state index contributed by atoms with van der Waals surface area (Å²) in [6.07, 6.45) is 8.67. The zero-order valence-electron chi connectivity index (χ0n) is 11.0. The molecule has 2 bridgehead atoms. The summed E-state index contributed by atoms with van der Waals surface area (Å²) in [5.41, 5.74) is 3.74. The molecule has 104 valence electrons.